The van der Waals surface area contributed by atoms with E-state index in [1.54, 1.807) is 0 Å². The van der Waals surface area contributed by atoms with Crippen LogP contribution in [-0.2, 0) is 32.0 Å². The first kappa shape index (κ1) is 29.2. The Morgan fingerprint density at radius 3 is 2.28 bits per heavy atom. The fraction of sp³-hybridized carbons (Fsp3) is 0.733. The second-order valence-electron chi connectivity index (χ2n) is 7.59. The van der Waals surface area contributed by atoms with Gasteiger partial charge >= 0.3 is 5.69 Å². The minimum Gasteiger partial charge on any atom is -0.756 e. The number of halogens is 1. The zero-order chi connectivity index (χ0) is 27.0. The average Bonchev–Trinajstić information content (AvgIpc) is 3.06. The topological polar surface area (TPSA) is 282 Å². The molecule has 0 saturated carbocycles. The lowest BCUT2D eigenvalue weighted by Gasteiger charge is -2.41. The molecule has 7 unspecified atom stereocenters. The number of nitrogens with zero attached hydrogens (tertiary/aromatic N) is 1. The van der Waals surface area contributed by atoms with Crippen molar-refractivity contribution >= 4 is 15.6 Å². The van der Waals surface area contributed by atoms with Crippen molar-refractivity contribution in [3.8, 4) is 0 Å². The van der Waals surface area contributed by atoms with Crippen LogP contribution < -0.4 is 21.0 Å². The molecule has 1 aromatic heterocycles. The smallest absolute Gasteiger partial charge is 0.330 e. The highest BCUT2D eigenvalue weighted by molar-refractivity contribution is 7.59. The number of alkyl halides is 1. The summed E-state index contributed by atoms with van der Waals surface area (Å²) in [6, 6.07) is 0.902. The molecule has 3 heterocycles. The van der Waals surface area contributed by atoms with E-state index in [0.29, 0.717) is 4.57 Å². The fourth-order valence-corrected chi connectivity index (χ4v) is 5.39. The summed E-state index contributed by atoms with van der Waals surface area (Å²) < 4.78 is 60.7. The molecule has 18 nitrogen and oxygen atoms in total. The van der Waals surface area contributed by atoms with Crippen LogP contribution in [0.15, 0.2) is 21.9 Å². The van der Waals surface area contributed by atoms with Crippen LogP contribution in [0.4, 0.5) is 4.39 Å². The van der Waals surface area contributed by atoms with Gasteiger partial charge in [0.1, 0.15) is 36.6 Å². The largest absolute Gasteiger partial charge is 0.756 e. The van der Waals surface area contributed by atoms with Crippen molar-refractivity contribution in [2.24, 2.45) is 0 Å². The Balaban J connectivity index is 1.61. The third-order valence-electron chi connectivity index (χ3n) is 5.10. The molecule has 6 N–H and O–H groups in total. The molecule has 0 amide bonds. The van der Waals surface area contributed by atoms with Crippen LogP contribution in [-0.4, -0.2) is 97.4 Å². The van der Waals surface area contributed by atoms with Gasteiger partial charge in [-0.05, 0) is 0 Å². The van der Waals surface area contributed by atoms with Crippen molar-refractivity contribution in [2.45, 2.75) is 55.3 Å². The summed E-state index contributed by atoms with van der Waals surface area (Å²) in [5, 5.41) is 48.3. The van der Waals surface area contributed by atoms with Gasteiger partial charge in [-0.2, -0.15) is 0 Å². The summed E-state index contributed by atoms with van der Waals surface area (Å²) in [5.74, 6) is 0. The maximum atomic E-state index is 14.1. The molecule has 21 heteroatoms. The summed E-state index contributed by atoms with van der Waals surface area (Å²) in [7, 11) is -11.8. The second-order valence-corrected chi connectivity index (χ2v) is 10.5. The monoisotopic (exact) mass is 566 g/mol. The van der Waals surface area contributed by atoms with E-state index in [4.69, 9.17) is 9.84 Å². The Labute approximate surface area is 199 Å². The minimum atomic E-state index is -5.98. The number of phosphoric acid groups is 2. The molecule has 0 aromatic carbocycles. The number of ether oxygens (including phenoxy) is 2. The van der Waals surface area contributed by atoms with Gasteiger partial charge in [0.15, 0.2) is 18.7 Å². The normalized spacial score (nSPS) is 38.4. The molecule has 1 aromatic rings. The van der Waals surface area contributed by atoms with E-state index in [-0.39, 0.29) is 0 Å². The van der Waals surface area contributed by atoms with Gasteiger partial charge < -0.3 is 49.3 Å². The predicted octanol–water partition coefficient (Wildman–Crippen LogP) is -5.08. The quantitative estimate of drug-likeness (QED) is 0.152. The van der Waals surface area contributed by atoms with Gasteiger partial charge in [-0.3, -0.25) is 28.0 Å². The lowest BCUT2D eigenvalue weighted by Crippen LogP contribution is -2.57. The molecule has 0 aliphatic carbocycles. The van der Waals surface area contributed by atoms with Gasteiger partial charge in [-0.15, -0.1) is 0 Å². The van der Waals surface area contributed by atoms with Crippen LogP contribution in [0.2, 0.25) is 0 Å². The number of hydrogen-bond acceptors (Lipinski definition) is 16. The van der Waals surface area contributed by atoms with Crippen molar-refractivity contribution in [2.75, 3.05) is 13.2 Å². The first-order valence-electron chi connectivity index (χ1n) is 9.92. The first-order valence-corrected chi connectivity index (χ1v) is 12.8. The molecule has 2 fully saturated rings. The summed E-state index contributed by atoms with van der Waals surface area (Å²) in [4.78, 5) is 48.8. The highest BCUT2D eigenvalue weighted by Gasteiger charge is 2.47. The maximum Gasteiger partial charge on any atom is 0.330 e. The van der Waals surface area contributed by atoms with Gasteiger partial charge in [-0.1, -0.05) is 0 Å². The minimum absolute atomic E-state index is 0.685. The van der Waals surface area contributed by atoms with Crippen LogP contribution in [0.25, 0.3) is 0 Å². The Bertz CT molecular complexity index is 1130. The van der Waals surface area contributed by atoms with Crippen LogP contribution in [0.5, 0.6) is 0 Å². The molecule has 0 spiro atoms. The molecular weight excluding hydrogens is 545 g/mol. The predicted molar refractivity (Wildman–Crippen MR) is 103 cm³/mol. The maximum absolute atomic E-state index is 14.1. The second kappa shape index (κ2) is 11.1. The van der Waals surface area contributed by atoms with Crippen molar-refractivity contribution in [3.63, 3.8) is 0 Å². The van der Waals surface area contributed by atoms with Crippen LogP contribution in [0, 0.1) is 0 Å². The SMILES string of the molecule is O=c1ccn([C@@H]2O[C@H](COP(=O)([O-])OP(=O)([O-])O[C@H]3OC(CO)[C@H](O)C(O)C3F)C(O)C2O)c(=O)[nH]1. The van der Waals surface area contributed by atoms with Crippen LogP contribution in [0.1, 0.15) is 6.23 Å². The molecule has 2 saturated heterocycles. The first-order chi connectivity index (χ1) is 16.7. The molecule has 36 heavy (non-hydrogen) atoms. The van der Waals surface area contributed by atoms with Gasteiger partial charge in [0.05, 0.1) is 13.2 Å². The molecule has 11 atom stereocenters. The number of rotatable bonds is 9. The van der Waals surface area contributed by atoms with E-state index in [2.05, 4.69) is 18.1 Å². The molecule has 0 radical (unpaired) electrons. The van der Waals surface area contributed by atoms with Gasteiger partial charge in [0.25, 0.3) is 21.2 Å². The molecule has 2 aliphatic rings. The van der Waals surface area contributed by atoms with Gasteiger partial charge in [-0.25, -0.2) is 13.5 Å². The molecule has 0 bridgehead atoms. The fourth-order valence-electron chi connectivity index (χ4n) is 3.31. The Morgan fingerprint density at radius 1 is 1.03 bits per heavy atom. The van der Waals surface area contributed by atoms with Gasteiger partial charge in [0, 0.05) is 12.3 Å². The highest BCUT2D eigenvalue weighted by Crippen LogP contribution is 2.57. The number of phosphoric ester groups is 2. The van der Waals surface area contributed by atoms with Gasteiger partial charge in [0.2, 0.25) is 0 Å². The Kier molecular flexibility index (Phi) is 9.02. The third-order valence-corrected chi connectivity index (χ3v) is 7.63. The molecular formula is C15H21FN2O16P2-2. The van der Waals surface area contributed by atoms with E-state index < -0.39 is 95.4 Å². The van der Waals surface area contributed by atoms with Crippen molar-refractivity contribution in [3.05, 3.63) is 33.1 Å². The summed E-state index contributed by atoms with van der Waals surface area (Å²) in [5.41, 5.74) is -1.80. The zero-order valence-corrected chi connectivity index (χ0v) is 19.5. The van der Waals surface area contributed by atoms with Crippen molar-refractivity contribution in [1.82, 2.24) is 9.55 Å². The number of H-pyrrole nitrogens is 1. The van der Waals surface area contributed by atoms with Crippen molar-refractivity contribution in [1.29, 1.82) is 0 Å². The number of aromatic nitrogens is 2. The Hall–Kier alpha value is -1.41. The lowest BCUT2D eigenvalue weighted by atomic mass is 10.0. The summed E-state index contributed by atoms with van der Waals surface area (Å²) in [6.45, 7) is -2.13. The van der Waals surface area contributed by atoms with Crippen LogP contribution >= 0.6 is 15.6 Å². The van der Waals surface area contributed by atoms with E-state index in [9.17, 15) is 53.3 Å². The Morgan fingerprint density at radius 2 is 1.67 bits per heavy atom. The zero-order valence-electron chi connectivity index (χ0n) is 17.7. The summed E-state index contributed by atoms with van der Waals surface area (Å²) >= 11 is 0. The number of hydrogen-bond donors (Lipinski definition) is 6. The molecule has 2 aliphatic heterocycles. The summed E-state index contributed by atoms with van der Waals surface area (Å²) in [6.07, 6.45) is -17.1. The van der Waals surface area contributed by atoms with Crippen molar-refractivity contribution < 1.29 is 71.7 Å². The number of nitrogens with one attached hydrogen (secondary N) is 1. The molecule has 206 valence electrons. The number of aliphatic hydroxyl groups is 5. The van der Waals surface area contributed by atoms with E-state index in [1.165, 1.54) is 0 Å². The van der Waals surface area contributed by atoms with E-state index in [1.807, 2.05) is 4.98 Å². The highest BCUT2D eigenvalue weighted by atomic mass is 31.3. The average molecular weight is 566 g/mol. The molecule has 3 rings (SSSR count). The third kappa shape index (κ3) is 6.53. The standard InChI is InChI=1S/C15H23FN2O16P2/c16-8-11(23)9(21)5(3-19)32-14(8)33-36(28,29)34-35(26,27)30-4-6-10(22)12(24)13(31-6)18-2-1-7(20)17-15(18)25/h1-2,5-6,8-14,19,21-24H,3-4H2,(H,26,27)(H,28,29)(H,17,20,25)/p-2/t5?,6-,8?,9+,10?,11?,12?,13-,14-/m1/s1. The number of aliphatic hydroxyl groups excluding tert-OH is 5. The lowest BCUT2D eigenvalue weighted by molar-refractivity contribution is -0.295. The van der Waals surface area contributed by atoms with E-state index in [0.717, 1.165) is 12.3 Å². The number of aromatic amines is 1. The van der Waals surface area contributed by atoms with Crippen LogP contribution in [0.3, 0.4) is 0 Å². The van der Waals surface area contributed by atoms with E-state index >= 15 is 0 Å².